The van der Waals surface area contributed by atoms with Crippen LogP contribution in [0, 0.1) is 5.92 Å². The van der Waals surface area contributed by atoms with Crippen molar-refractivity contribution in [1.29, 1.82) is 0 Å². The van der Waals surface area contributed by atoms with Gasteiger partial charge in [0.05, 0.1) is 12.0 Å². The molecule has 48 heavy (non-hydrogen) atoms. The molecule has 0 aliphatic carbocycles. The van der Waals surface area contributed by atoms with Crippen molar-refractivity contribution in [1.82, 2.24) is 15.3 Å². The lowest BCUT2D eigenvalue weighted by atomic mass is 9.92. The summed E-state index contributed by atoms with van der Waals surface area (Å²) in [5.41, 5.74) is 5.50. The molecule has 9 heteroatoms. The Labute approximate surface area is 284 Å². The Kier molecular flexibility index (Phi) is 10.5. The van der Waals surface area contributed by atoms with Gasteiger partial charge in [-0.3, -0.25) is 14.4 Å². The van der Waals surface area contributed by atoms with Gasteiger partial charge < -0.3 is 15.2 Å². The Balaban J connectivity index is 1.29. The van der Waals surface area contributed by atoms with E-state index in [1.54, 1.807) is 25.6 Å². The molecular formula is C39H39N3O5S. The number of ketones is 1. The summed E-state index contributed by atoms with van der Waals surface area (Å²) in [6.45, 7) is 7.67. The average molecular weight is 662 g/mol. The molecule has 246 valence electrons. The number of methoxy groups -OCH3 is 1. The van der Waals surface area contributed by atoms with Crippen LogP contribution in [0.2, 0.25) is 0 Å². The summed E-state index contributed by atoms with van der Waals surface area (Å²) >= 11 is 1.43. The molecule has 0 spiro atoms. The molecule has 0 saturated carbocycles. The van der Waals surface area contributed by atoms with Gasteiger partial charge in [-0.15, -0.1) is 11.3 Å². The minimum atomic E-state index is -1.14. The SMILES string of the molecule is COc1ccccc1-c1ccc(-c2cnc(-c3ccc(C[C@H](CC(=O)c4ccc(C(C)(C)C)s4)C(=O)N[C@H](C)C(=O)O)cc3)nc2)cc1. The molecule has 0 radical (unpaired) electrons. The number of rotatable bonds is 12. The van der Waals surface area contributed by atoms with E-state index >= 15 is 0 Å². The number of hydrogen-bond acceptors (Lipinski definition) is 7. The third kappa shape index (κ3) is 8.22. The van der Waals surface area contributed by atoms with Crippen LogP contribution < -0.4 is 10.1 Å². The van der Waals surface area contributed by atoms with E-state index in [2.05, 4.69) is 36.1 Å². The molecule has 2 atom stereocenters. The number of carbonyl (C=O) groups is 3. The highest BCUT2D eigenvalue weighted by atomic mass is 32.1. The molecule has 0 saturated heterocycles. The van der Waals surface area contributed by atoms with Crippen molar-refractivity contribution >= 4 is 29.0 Å². The number of para-hydroxylation sites is 1. The number of aromatic nitrogens is 2. The monoisotopic (exact) mass is 661 g/mol. The highest BCUT2D eigenvalue weighted by molar-refractivity contribution is 7.14. The van der Waals surface area contributed by atoms with E-state index in [-0.39, 0.29) is 24.0 Å². The Hall–Kier alpha value is -5.15. The number of carboxylic acid groups (broad SMARTS) is 1. The molecule has 0 aliphatic heterocycles. The first-order chi connectivity index (χ1) is 22.9. The average Bonchev–Trinajstić information content (AvgIpc) is 3.60. The van der Waals surface area contributed by atoms with Crippen LogP contribution in [0.5, 0.6) is 5.75 Å². The van der Waals surface area contributed by atoms with E-state index in [9.17, 15) is 19.5 Å². The smallest absolute Gasteiger partial charge is 0.325 e. The van der Waals surface area contributed by atoms with Crippen LogP contribution in [0.1, 0.15) is 54.2 Å². The third-order valence-electron chi connectivity index (χ3n) is 8.13. The van der Waals surface area contributed by atoms with Crippen LogP contribution >= 0.6 is 11.3 Å². The van der Waals surface area contributed by atoms with E-state index in [0.29, 0.717) is 10.7 Å². The predicted molar refractivity (Wildman–Crippen MR) is 189 cm³/mol. The van der Waals surface area contributed by atoms with Crippen molar-refractivity contribution in [2.24, 2.45) is 5.92 Å². The molecule has 0 unspecified atom stereocenters. The van der Waals surface area contributed by atoms with Crippen molar-refractivity contribution < 1.29 is 24.2 Å². The molecule has 2 N–H and O–H groups in total. The highest BCUT2D eigenvalue weighted by Crippen LogP contribution is 2.32. The molecular weight excluding hydrogens is 623 g/mol. The molecule has 2 aromatic heterocycles. The van der Waals surface area contributed by atoms with Gasteiger partial charge in [-0.1, -0.05) is 87.5 Å². The van der Waals surface area contributed by atoms with E-state index in [0.717, 1.165) is 44.0 Å². The van der Waals surface area contributed by atoms with Gasteiger partial charge in [0.25, 0.3) is 0 Å². The fourth-order valence-electron chi connectivity index (χ4n) is 5.29. The zero-order valence-electron chi connectivity index (χ0n) is 27.7. The van der Waals surface area contributed by atoms with Gasteiger partial charge in [0.1, 0.15) is 11.8 Å². The molecule has 0 fully saturated rings. The second-order valence-corrected chi connectivity index (χ2v) is 13.9. The molecule has 1 amide bonds. The minimum Gasteiger partial charge on any atom is -0.496 e. The second kappa shape index (κ2) is 14.7. The summed E-state index contributed by atoms with van der Waals surface area (Å²) < 4.78 is 5.50. The summed E-state index contributed by atoms with van der Waals surface area (Å²) in [5, 5.41) is 11.9. The molecule has 5 aromatic rings. The lowest BCUT2D eigenvalue weighted by Gasteiger charge is -2.18. The first-order valence-corrected chi connectivity index (χ1v) is 16.6. The Morgan fingerprint density at radius 1 is 0.833 bits per heavy atom. The maximum Gasteiger partial charge on any atom is 0.325 e. The van der Waals surface area contributed by atoms with Crippen molar-refractivity contribution in [2.75, 3.05) is 7.11 Å². The van der Waals surface area contributed by atoms with Crippen molar-refractivity contribution in [3.05, 3.63) is 113 Å². The lowest BCUT2D eigenvalue weighted by Crippen LogP contribution is -2.42. The Bertz CT molecular complexity index is 1890. The van der Waals surface area contributed by atoms with Crippen LogP contribution in [0.15, 0.2) is 97.3 Å². The Morgan fingerprint density at radius 2 is 1.46 bits per heavy atom. The van der Waals surface area contributed by atoms with Gasteiger partial charge in [0.2, 0.25) is 5.91 Å². The lowest BCUT2D eigenvalue weighted by molar-refractivity contribution is -0.141. The van der Waals surface area contributed by atoms with Crippen molar-refractivity contribution in [3.8, 4) is 39.4 Å². The number of carbonyl (C=O) groups excluding carboxylic acids is 2. The second-order valence-electron chi connectivity index (χ2n) is 12.8. The largest absolute Gasteiger partial charge is 0.496 e. The van der Waals surface area contributed by atoms with Crippen LogP contribution in [-0.4, -0.2) is 45.9 Å². The molecule has 0 bridgehead atoms. The van der Waals surface area contributed by atoms with Gasteiger partial charge in [0.15, 0.2) is 11.6 Å². The van der Waals surface area contributed by atoms with Gasteiger partial charge in [-0.25, -0.2) is 9.97 Å². The number of ether oxygens (including phenoxy) is 1. The quantitative estimate of drug-likeness (QED) is 0.131. The van der Waals surface area contributed by atoms with Gasteiger partial charge in [-0.2, -0.15) is 0 Å². The highest BCUT2D eigenvalue weighted by Gasteiger charge is 2.27. The zero-order chi connectivity index (χ0) is 34.4. The number of carboxylic acids is 1. The van der Waals surface area contributed by atoms with E-state index in [4.69, 9.17) is 4.74 Å². The fraction of sp³-hybridized carbons (Fsp3) is 0.256. The first-order valence-electron chi connectivity index (χ1n) is 15.7. The van der Waals surface area contributed by atoms with E-state index in [1.807, 2.05) is 78.9 Å². The summed E-state index contributed by atoms with van der Waals surface area (Å²) in [6, 6.07) is 26.3. The maximum absolute atomic E-state index is 13.3. The van der Waals surface area contributed by atoms with E-state index in [1.165, 1.54) is 18.3 Å². The molecule has 3 aromatic carbocycles. The van der Waals surface area contributed by atoms with Gasteiger partial charge >= 0.3 is 5.97 Å². The predicted octanol–water partition coefficient (Wildman–Crippen LogP) is 7.87. The third-order valence-corrected chi connectivity index (χ3v) is 9.69. The minimum absolute atomic E-state index is 0.0333. The number of Topliss-reactive ketones (excluding diaryl/α,β-unsaturated/α-hetero) is 1. The van der Waals surface area contributed by atoms with Gasteiger partial charge in [0, 0.05) is 46.3 Å². The van der Waals surface area contributed by atoms with E-state index < -0.39 is 23.8 Å². The Morgan fingerprint density at radius 3 is 2.06 bits per heavy atom. The topological polar surface area (TPSA) is 118 Å². The number of amides is 1. The number of thiophene rings is 1. The van der Waals surface area contributed by atoms with Crippen LogP contribution in [0.3, 0.4) is 0 Å². The number of nitrogens with one attached hydrogen (secondary N) is 1. The van der Waals surface area contributed by atoms with Gasteiger partial charge in [-0.05, 0) is 53.6 Å². The molecule has 0 aliphatic rings. The normalized spacial score (nSPS) is 12.6. The van der Waals surface area contributed by atoms with Crippen LogP contribution in [0.4, 0.5) is 0 Å². The standard InChI is InChI=1S/C39H39N3O5S/c1-24(38(45)46)42-37(44)29(21-32(43)34-18-19-35(48-34)39(2,3)4)20-25-10-12-28(13-11-25)36-40-22-30(23-41-36)26-14-16-27(17-15-26)31-8-6-7-9-33(31)47-5/h6-19,22-24,29H,20-21H2,1-5H3,(H,42,44)(H,45,46)/t24-,29-/m1/s1. The number of benzene rings is 3. The first kappa shape index (κ1) is 34.2. The summed E-state index contributed by atoms with van der Waals surface area (Å²) in [4.78, 5) is 48.8. The zero-order valence-corrected chi connectivity index (χ0v) is 28.5. The number of nitrogens with zero attached hydrogens (tertiary/aromatic N) is 2. The van der Waals surface area contributed by atoms with Crippen LogP contribution in [-0.2, 0) is 21.4 Å². The molecule has 5 rings (SSSR count). The summed E-state index contributed by atoms with van der Waals surface area (Å²) in [7, 11) is 1.66. The summed E-state index contributed by atoms with van der Waals surface area (Å²) in [5.74, 6) is -1.11. The van der Waals surface area contributed by atoms with Crippen molar-refractivity contribution in [2.45, 2.75) is 52.0 Å². The fourth-order valence-corrected chi connectivity index (χ4v) is 6.30. The maximum atomic E-state index is 13.3. The molecule has 2 heterocycles. The molecule has 8 nitrogen and oxygen atoms in total. The van der Waals surface area contributed by atoms with Crippen LogP contribution in [0.25, 0.3) is 33.6 Å². The van der Waals surface area contributed by atoms with Crippen molar-refractivity contribution in [3.63, 3.8) is 0 Å². The summed E-state index contributed by atoms with van der Waals surface area (Å²) in [6.07, 6.45) is 3.82. The number of aliphatic carboxylic acids is 1. The number of hydrogen-bond donors (Lipinski definition) is 2.